The Morgan fingerprint density at radius 3 is 2.57 bits per heavy atom. The van der Waals surface area contributed by atoms with Crippen LogP contribution >= 0.6 is 9.39 Å². The Kier molecular flexibility index (Phi) is 8.83. The fraction of sp³-hybridized carbons (Fsp3) is 0.132. The van der Waals surface area contributed by atoms with E-state index in [0.29, 0.717) is 18.1 Å². The van der Waals surface area contributed by atoms with Crippen LogP contribution in [0.4, 0.5) is 4.39 Å². The number of hydrogen-bond acceptors (Lipinski definition) is 4. The van der Waals surface area contributed by atoms with Gasteiger partial charge in [0.05, 0.1) is 16.4 Å². The van der Waals surface area contributed by atoms with Crippen LogP contribution in [0.2, 0.25) is 0 Å². The number of imidazole rings is 1. The van der Waals surface area contributed by atoms with Gasteiger partial charge in [-0.05, 0) is 95.8 Å². The molecule has 0 aliphatic rings. The molecule has 0 aliphatic heterocycles. The number of hydrogen-bond donors (Lipinski definition) is 3. The molecule has 0 aliphatic carbocycles. The summed E-state index contributed by atoms with van der Waals surface area (Å²) < 4.78 is 18.0. The van der Waals surface area contributed by atoms with Crippen LogP contribution in [-0.4, -0.2) is 43.1 Å². The number of nitrogens with zero attached hydrogens (tertiary/aromatic N) is 3. The first-order valence-corrected chi connectivity index (χ1v) is 17.4. The lowest BCUT2D eigenvalue weighted by atomic mass is 10.0. The fourth-order valence-electron chi connectivity index (χ4n) is 5.33. The van der Waals surface area contributed by atoms with Crippen LogP contribution in [0, 0.1) is 5.82 Å². The monoisotopic (exact) mass is 628 g/mol. The number of pyridine rings is 1. The SMILES string of the molecule is C=c1c(-c2nc3c(-c4cc(F)cc(CNS(=C)(=C)C)c4)cccc3[nH]2)n[nH]/c1=C/C=C(\C)c1cncc(CCc2ccccc2)c1. The topological polar surface area (TPSA) is 82.3 Å². The Morgan fingerprint density at radius 1 is 0.957 bits per heavy atom. The van der Waals surface area contributed by atoms with Crippen molar-refractivity contribution in [1.29, 1.82) is 0 Å². The van der Waals surface area contributed by atoms with Gasteiger partial charge in [0.25, 0.3) is 0 Å². The van der Waals surface area contributed by atoms with E-state index < -0.39 is 9.39 Å². The van der Waals surface area contributed by atoms with Crippen LogP contribution in [0.1, 0.15) is 29.2 Å². The number of aromatic nitrogens is 5. The number of H-pyrrole nitrogens is 2. The highest BCUT2D eigenvalue weighted by molar-refractivity contribution is 8.25. The largest absolute Gasteiger partial charge is 0.337 e. The summed E-state index contributed by atoms with van der Waals surface area (Å²) in [4.78, 5) is 12.8. The van der Waals surface area contributed by atoms with Gasteiger partial charge in [-0.3, -0.25) is 14.8 Å². The predicted molar refractivity (Wildman–Crippen MR) is 195 cm³/mol. The molecule has 0 bridgehead atoms. The molecule has 232 valence electrons. The van der Waals surface area contributed by atoms with Crippen molar-refractivity contribution in [3.05, 3.63) is 130 Å². The van der Waals surface area contributed by atoms with Crippen molar-refractivity contribution in [2.75, 3.05) is 6.26 Å². The van der Waals surface area contributed by atoms with E-state index in [1.165, 1.54) is 23.3 Å². The Balaban J connectivity index is 1.25. The average Bonchev–Trinajstić information content (AvgIpc) is 3.64. The van der Waals surface area contributed by atoms with Crippen LogP contribution in [-0.2, 0) is 19.4 Å². The molecule has 3 aromatic carbocycles. The van der Waals surface area contributed by atoms with Crippen LogP contribution in [0.3, 0.4) is 0 Å². The second-order valence-electron chi connectivity index (χ2n) is 11.8. The van der Waals surface area contributed by atoms with Gasteiger partial charge in [0.2, 0.25) is 0 Å². The third-order valence-corrected chi connectivity index (χ3v) is 8.67. The number of allylic oxidation sites excluding steroid dienone is 2. The van der Waals surface area contributed by atoms with Gasteiger partial charge < -0.3 is 4.98 Å². The van der Waals surface area contributed by atoms with E-state index in [9.17, 15) is 4.39 Å². The first kappa shape index (κ1) is 31.0. The summed E-state index contributed by atoms with van der Waals surface area (Å²) in [6.45, 7) is 6.85. The molecule has 3 N–H and O–H groups in total. The number of rotatable bonds is 10. The third-order valence-electron chi connectivity index (χ3n) is 7.82. The Hall–Kier alpha value is -5.05. The molecule has 6 nitrogen and oxygen atoms in total. The normalized spacial score (nSPS) is 12.7. The number of nitrogens with one attached hydrogen (secondary N) is 3. The number of benzene rings is 3. The van der Waals surface area contributed by atoms with Gasteiger partial charge in [0, 0.05) is 29.7 Å². The maximum absolute atomic E-state index is 14.7. The van der Waals surface area contributed by atoms with Crippen LogP contribution < -0.4 is 15.3 Å². The lowest BCUT2D eigenvalue weighted by Gasteiger charge is -2.12. The molecular weight excluding hydrogens is 592 g/mol. The molecule has 3 heterocycles. The van der Waals surface area contributed by atoms with Crippen molar-refractivity contribution < 1.29 is 4.39 Å². The molecular formula is C38H37FN6S. The third kappa shape index (κ3) is 7.25. The van der Waals surface area contributed by atoms with E-state index in [4.69, 9.17) is 4.98 Å². The smallest absolute Gasteiger partial charge is 0.159 e. The van der Waals surface area contributed by atoms with Gasteiger partial charge in [0.15, 0.2) is 5.82 Å². The molecule has 0 saturated heterocycles. The molecule has 0 radical (unpaired) electrons. The number of para-hydroxylation sites is 1. The maximum Gasteiger partial charge on any atom is 0.159 e. The molecule has 0 unspecified atom stereocenters. The molecule has 6 rings (SSSR count). The molecule has 0 saturated carbocycles. The van der Waals surface area contributed by atoms with Crippen LogP contribution in [0.5, 0.6) is 0 Å². The predicted octanol–water partition coefficient (Wildman–Crippen LogP) is 6.54. The Morgan fingerprint density at radius 2 is 1.76 bits per heavy atom. The van der Waals surface area contributed by atoms with Gasteiger partial charge in [-0.2, -0.15) is 14.5 Å². The highest BCUT2D eigenvalue weighted by atomic mass is 32.2. The van der Waals surface area contributed by atoms with E-state index in [2.05, 4.69) is 80.5 Å². The van der Waals surface area contributed by atoms with Crippen molar-refractivity contribution in [3.63, 3.8) is 0 Å². The van der Waals surface area contributed by atoms with Crippen molar-refractivity contribution in [2.24, 2.45) is 0 Å². The number of aromatic amines is 2. The molecule has 0 atom stereocenters. The van der Waals surface area contributed by atoms with Gasteiger partial charge in [0.1, 0.15) is 11.5 Å². The summed E-state index contributed by atoms with van der Waals surface area (Å²) in [5, 5.41) is 9.17. The molecule has 8 heteroatoms. The first-order valence-electron chi connectivity index (χ1n) is 15.0. The zero-order valence-corrected chi connectivity index (χ0v) is 26.9. The van der Waals surface area contributed by atoms with Gasteiger partial charge in [-0.1, -0.05) is 66.9 Å². The fourth-order valence-corrected chi connectivity index (χ4v) is 5.85. The molecule has 0 spiro atoms. The highest BCUT2D eigenvalue weighted by Crippen LogP contribution is 2.30. The minimum atomic E-state index is -1.43. The zero-order chi connectivity index (χ0) is 32.3. The van der Waals surface area contributed by atoms with E-state index in [-0.39, 0.29) is 5.82 Å². The van der Waals surface area contributed by atoms with Gasteiger partial charge in [-0.15, -0.1) is 0 Å². The number of halogens is 1. The lowest BCUT2D eigenvalue weighted by Crippen LogP contribution is -2.21. The molecule has 6 aromatic rings. The zero-order valence-electron chi connectivity index (χ0n) is 26.1. The molecule has 3 aromatic heterocycles. The summed E-state index contributed by atoms with van der Waals surface area (Å²) >= 11 is 0. The van der Waals surface area contributed by atoms with Crippen molar-refractivity contribution in [3.8, 4) is 22.6 Å². The maximum atomic E-state index is 14.7. The van der Waals surface area contributed by atoms with E-state index in [1.807, 2.05) is 61.1 Å². The van der Waals surface area contributed by atoms with Crippen molar-refractivity contribution in [2.45, 2.75) is 26.3 Å². The highest BCUT2D eigenvalue weighted by Gasteiger charge is 2.14. The number of fused-ring (bicyclic) bond motifs is 1. The second kappa shape index (κ2) is 13.1. The van der Waals surface area contributed by atoms with Crippen molar-refractivity contribution in [1.82, 2.24) is 29.9 Å². The van der Waals surface area contributed by atoms with Crippen LogP contribution in [0.25, 0.3) is 51.9 Å². The van der Waals surface area contributed by atoms with Gasteiger partial charge >= 0.3 is 0 Å². The standard InChI is InChI=1S/C38H37FN6S/c1-25(31-18-28(22-40-24-31)16-15-27-10-7-6-8-11-27)14-17-34-26(2)36(45-44-34)38-42-35-13-9-12-33(37(35)43-38)30-19-29(20-32(39)21-30)23-41-46(3,4)5/h6-14,17-22,24,41,44H,2-4,15-16,23H2,1,5H3,(H,42,43)/b25-14+,34-17+. The lowest BCUT2D eigenvalue weighted by molar-refractivity contribution is 0.625. The summed E-state index contributed by atoms with van der Waals surface area (Å²) in [6.07, 6.45) is 11.7. The van der Waals surface area contributed by atoms with E-state index >= 15 is 0 Å². The van der Waals surface area contributed by atoms with Crippen molar-refractivity contribution >= 4 is 50.4 Å². The average molecular weight is 629 g/mol. The quantitative estimate of drug-likeness (QED) is 0.151. The summed E-state index contributed by atoms with van der Waals surface area (Å²) in [5.74, 6) is 8.39. The minimum absolute atomic E-state index is 0.308. The minimum Gasteiger partial charge on any atom is -0.337 e. The molecule has 46 heavy (non-hydrogen) atoms. The van der Waals surface area contributed by atoms with E-state index in [1.54, 1.807) is 0 Å². The summed E-state index contributed by atoms with van der Waals surface area (Å²) in [7, 11) is -1.43. The van der Waals surface area contributed by atoms with Gasteiger partial charge in [-0.25, -0.2) is 9.37 Å². The molecule has 0 fully saturated rings. The van der Waals surface area contributed by atoms with Crippen LogP contribution in [0.15, 0.2) is 91.3 Å². The van der Waals surface area contributed by atoms with E-state index in [0.717, 1.165) is 62.3 Å². The molecule has 0 amide bonds. The summed E-state index contributed by atoms with van der Waals surface area (Å²) in [6, 6.07) is 23.6. The first-order chi connectivity index (χ1) is 22.1. The Bertz CT molecular complexity index is 2280. The Labute approximate surface area is 269 Å². The second-order valence-corrected chi connectivity index (χ2v) is 14.6. The summed E-state index contributed by atoms with van der Waals surface area (Å²) in [5.41, 5.74) is 9.24. The number of aryl methyl sites for hydroxylation is 2.